The minimum Gasteiger partial charge on any atom is -0.353 e. The third-order valence-electron chi connectivity index (χ3n) is 8.20. The zero-order chi connectivity index (χ0) is 24.2. The molecule has 0 radical (unpaired) electrons. The van der Waals surface area contributed by atoms with E-state index in [9.17, 15) is 14.0 Å². The molecule has 7 rings (SSSR count). The lowest BCUT2D eigenvalue weighted by atomic mass is 9.78. The van der Waals surface area contributed by atoms with Gasteiger partial charge in [-0.1, -0.05) is 45.4 Å². The first kappa shape index (κ1) is 20.7. The molecular formula is C29H26FN3O2. The molecule has 0 aliphatic carbocycles. The molecule has 0 spiro atoms. The quantitative estimate of drug-likeness (QED) is 0.298. The van der Waals surface area contributed by atoms with Gasteiger partial charge in [0.05, 0.1) is 27.7 Å². The average Bonchev–Trinajstić information content (AvgIpc) is 3.45. The number of nitrogens with one attached hydrogen (secondary N) is 2. The van der Waals surface area contributed by atoms with Crippen molar-refractivity contribution in [3.8, 4) is 0 Å². The molecule has 6 heteroatoms. The number of fused-ring (bicyclic) bond motifs is 10. The molecule has 2 aliphatic rings. The van der Waals surface area contributed by atoms with Crippen LogP contribution in [-0.4, -0.2) is 21.4 Å². The molecule has 0 bridgehead atoms. The number of nitrogens with zero attached hydrogens (tertiary/aromatic N) is 1. The van der Waals surface area contributed by atoms with Gasteiger partial charge < -0.3 is 9.55 Å². The number of amides is 2. The first-order valence-electron chi connectivity index (χ1n) is 12.4. The Bertz CT molecular complexity index is 1790. The van der Waals surface area contributed by atoms with Crippen LogP contribution in [0.2, 0.25) is 0 Å². The molecule has 5 nitrogen and oxygen atoms in total. The Labute approximate surface area is 201 Å². The minimum atomic E-state index is -0.406. The van der Waals surface area contributed by atoms with Crippen molar-refractivity contribution in [2.24, 2.45) is 0 Å². The van der Waals surface area contributed by atoms with Crippen LogP contribution in [0.4, 0.5) is 4.39 Å². The summed E-state index contributed by atoms with van der Waals surface area (Å²) >= 11 is 0. The Morgan fingerprint density at radius 3 is 2.54 bits per heavy atom. The summed E-state index contributed by atoms with van der Waals surface area (Å²) in [6, 6.07) is 9.34. The van der Waals surface area contributed by atoms with Crippen molar-refractivity contribution in [3.05, 3.63) is 58.4 Å². The standard InChI is InChI=1S/C29H26FN3O2/c1-4-5-7-14-8-6-9-16-19-21-22(28(35)32-27(21)34)20-17-12-15(30)13-18-25(17)33(11-10-29(18,2)3)26(20)24(19)31-23(14)16/h6,8-9,12-13,31H,4-5,7,10-11H2,1-3H3,(H,32,34,35). The number of aromatic amines is 1. The van der Waals surface area contributed by atoms with Gasteiger partial charge in [-0.05, 0) is 47.9 Å². The van der Waals surface area contributed by atoms with Crippen molar-refractivity contribution in [1.29, 1.82) is 0 Å². The molecule has 2 aromatic heterocycles. The van der Waals surface area contributed by atoms with E-state index in [1.54, 1.807) is 6.07 Å². The monoisotopic (exact) mass is 467 g/mol. The van der Waals surface area contributed by atoms with Crippen molar-refractivity contribution in [1.82, 2.24) is 14.9 Å². The summed E-state index contributed by atoms with van der Waals surface area (Å²) in [6.07, 6.45) is 3.95. The van der Waals surface area contributed by atoms with E-state index in [0.29, 0.717) is 21.9 Å². The van der Waals surface area contributed by atoms with E-state index in [4.69, 9.17) is 0 Å². The largest absolute Gasteiger partial charge is 0.353 e. The van der Waals surface area contributed by atoms with Crippen LogP contribution in [-0.2, 0) is 18.4 Å². The Morgan fingerprint density at radius 2 is 1.77 bits per heavy atom. The van der Waals surface area contributed by atoms with Crippen LogP contribution in [0.15, 0.2) is 30.3 Å². The smallest absolute Gasteiger partial charge is 0.259 e. The number of hydrogen-bond acceptors (Lipinski definition) is 2. The van der Waals surface area contributed by atoms with Crippen molar-refractivity contribution in [2.75, 3.05) is 0 Å². The van der Waals surface area contributed by atoms with Crippen LogP contribution >= 0.6 is 0 Å². The number of benzene rings is 3. The normalized spacial score (nSPS) is 16.7. The number of halogens is 1. The van der Waals surface area contributed by atoms with Crippen molar-refractivity contribution >= 4 is 55.4 Å². The number of carbonyl (C=O) groups is 2. The SMILES string of the molecule is CCCCc1cccc2c1[nH]c1c2c2c(c3c4cc(F)cc5c4n(c13)CCC5(C)C)C(=O)NC2=O. The van der Waals surface area contributed by atoms with Gasteiger partial charge in [-0.3, -0.25) is 14.9 Å². The van der Waals surface area contributed by atoms with E-state index in [0.717, 1.165) is 70.6 Å². The highest BCUT2D eigenvalue weighted by atomic mass is 19.1. The summed E-state index contributed by atoms with van der Waals surface area (Å²) in [5, 5.41) is 5.65. The van der Waals surface area contributed by atoms with Crippen molar-refractivity contribution in [3.63, 3.8) is 0 Å². The molecule has 0 unspecified atom stereocenters. The van der Waals surface area contributed by atoms with E-state index in [-0.39, 0.29) is 17.1 Å². The molecule has 5 aromatic rings. The van der Waals surface area contributed by atoms with Gasteiger partial charge in [-0.15, -0.1) is 0 Å². The van der Waals surface area contributed by atoms with Gasteiger partial charge in [0.15, 0.2) is 0 Å². The number of rotatable bonds is 3. The fourth-order valence-corrected chi connectivity index (χ4v) is 6.46. The van der Waals surface area contributed by atoms with Crippen LogP contribution in [0.1, 0.15) is 71.9 Å². The molecule has 0 saturated carbocycles. The number of unbranched alkanes of at least 4 members (excludes halogenated alkanes) is 1. The second-order valence-corrected chi connectivity index (χ2v) is 10.7. The van der Waals surface area contributed by atoms with Crippen molar-refractivity contribution < 1.29 is 14.0 Å². The van der Waals surface area contributed by atoms with Gasteiger partial charge in [-0.2, -0.15) is 0 Å². The Balaban J connectivity index is 1.77. The number of aryl methyl sites for hydroxylation is 2. The summed E-state index contributed by atoms with van der Waals surface area (Å²) in [7, 11) is 0. The van der Waals surface area contributed by atoms with Crippen molar-refractivity contribution in [2.45, 2.75) is 58.4 Å². The van der Waals surface area contributed by atoms with E-state index < -0.39 is 5.91 Å². The second kappa shape index (κ2) is 6.72. The lowest BCUT2D eigenvalue weighted by Gasteiger charge is -2.32. The fraction of sp³-hybridized carbons (Fsp3) is 0.310. The molecule has 176 valence electrons. The number of imide groups is 1. The predicted molar refractivity (Wildman–Crippen MR) is 137 cm³/mol. The maximum atomic E-state index is 15.0. The summed E-state index contributed by atoms with van der Waals surface area (Å²) in [6.45, 7) is 7.21. The summed E-state index contributed by atoms with van der Waals surface area (Å²) in [4.78, 5) is 30.0. The second-order valence-electron chi connectivity index (χ2n) is 10.7. The predicted octanol–water partition coefficient (Wildman–Crippen LogP) is 6.48. The maximum Gasteiger partial charge on any atom is 0.259 e. The topological polar surface area (TPSA) is 66.9 Å². The van der Waals surface area contributed by atoms with E-state index >= 15 is 0 Å². The van der Waals surface area contributed by atoms with Crippen LogP contribution in [0.3, 0.4) is 0 Å². The van der Waals surface area contributed by atoms with Gasteiger partial charge in [0.1, 0.15) is 5.82 Å². The van der Waals surface area contributed by atoms with Crippen LogP contribution in [0, 0.1) is 5.82 Å². The number of carbonyl (C=O) groups excluding carboxylic acids is 2. The first-order valence-corrected chi connectivity index (χ1v) is 12.4. The van der Waals surface area contributed by atoms with Crippen LogP contribution in [0.5, 0.6) is 0 Å². The van der Waals surface area contributed by atoms with Gasteiger partial charge in [0.25, 0.3) is 11.8 Å². The van der Waals surface area contributed by atoms with Crippen LogP contribution in [0.25, 0.3) is 43.6 Å². The molecule has 0 atom stereocenters. The Kier molecular flexibility index (Phi) is 3.97. The zero-order valence-corrected chi connectivity index (χ0v) is 20.1. The van der Waals surface area contributed by atoms with E-state index in [1.165, 1.54) is 11.6 Å². The Morgan fingerprint density at radius 1 is 1.00 bits per heavy atom. The molecule has 3 aromatic carbocycles. The number of hydrogen-bond donors (Lipinski definition) is 2. The third-order valence-corrected chi connectivity index (χ3v) is 8.20. The van der Waals surface area contributed by atoms with E-state index in [2.05, 4.69) is 41.7 Å². The molecule has 35 heavy (non-hydrogen) atoms. The highest BCUT2D eigenvalue weighted by Gasteiger charge is 2.38. The summed E-state index contributed by atoms with van der Waals surface area (Å²) < 4.78 is 17.2. The molecule has 2 amide bonds. The maximum absolute atomic E-state index is 15.0. The molecule has 0 fully saturated rings. The summed E-state index contributed by atoms with van der Waals surface area (Å²) in [5.41, 5.74) is 6.44. The molecular weight excluding hydrogens is 441 g/mol. The lowest BCUT2D eigenvalue weighted by Crippen LogP contribution is -2.25. The average molecular weight is 468 g/mol. The summed E-state index contributed by atoms with van der Waals surface area (Å²) in [5.74, 6) is -1.11. The molecule has 0 saturated heterocycles. The zero-order valence-electron chi connectivity index (χ0n) is 20.1. The minimum absolute atomic E-state index is 0.196. The fourth-order valence-electron chi connectivity index (χ4n) is 6.46. The van der Waals surface area contributed by atoms with Gasteiger partial charge >= 0.3 is 0 Å². The van der Waals surface area contributed by atoms with Gasteiger partial charge in [-0.25, -0.2) is 4.39 Å². The first-order chi connectivity index (χ1) is 16.8. The van der Waals surface area contributed by atoms with Gasteiger partial charge in [0.2, 0.25) is 0 Å². The number of H-pyrrole nitrogens is 1. The lowest BCUT2D eigenvalue weighted by molar-refractivity contribution is 0.0880. The number of aromatic nitrogens is 2. The molecule has 4 heterocycles. The highest BCUT2D eigenvalue weighted by molar-refractivity contribution is 6.39. The van der Waals surface area contributed by atoms with Crippen LogP contribution < -0.4 is 5.32 Å². The number of para-hydroxylation sites is 1. The Hall–Kier alpha value is -3.67. The third kappa shape index (κ3) is 2.52. The van der Waals surface area contributed by atoms with E-state index in [1.807, 2.05) is 12.1 Å². The molecule has 2 N–H and O–H groups in total. The highest BCUT2D eigenvalue weighted by Crippen LogP contribution is 2.48. The van der Waals surface area contributed by atoms with Gasteiger partial charge in [0, 0.05) is 33.6 Å². The molecule has 2 aliphatic heterocycles.